The first-order valence-corrected chi connectivity index (χ1v) is 17.9. The van der Waals surface area contributed by atoms with Crippen molar-refractivity contribution in [2.24, 2.45) is 0 Å². The maximum atomic E-state index is 4.69. The zero-order chi connectivity index (χ0) is 34.9. The Balaban J connectivity index is 1.12. The molecule has 0 aliphatic heterocycles. The number of hydrogen-bond donors (Lipinski definition) is 0. The SMILES string of the molecule is c1ccc(-c2nnc(-c3ccccc3)n2-c2ccc(-n3c4ccccc4c4cc5cc6c7ccccc7n(-c7ccccc7)c6cc5cc43)cc2)cc1. The molecule has 0 spiro atoms. The van der Waals surface area contributed by atoms with Gasteiger partial charge in [-0.15, -0.1) is 10.2 Å². The highest BCUT2D eigenvalue weighted by Gasteiger charge is 2.19. The zero-order valence-corrected chi connectivity index (χ0v) is 28.6. The topological polar surface area (TPSA) is 40.6 Å². The van der Waals surface area contributed by atoms with Crippen molar-refractivity contribution in [3.63, 3.8) is 0 Å². The number of benzene rings is 8. The molecule has 0 atom stereocenters. The molecule has 5 heteroatoms. The van der Waals surface area contributed by atoms with Crippen LogP contribution in [-0.4, -0.2) is 23.9 Å². The van der Waals surface area contributed by atoms with Gasteiger partial charge in [-0.1, -0.05) is 115 Å². The molecule has 53 heavy (non-hydrogen) atoms. The average molecular weight is 678 g/mol. The van der Waals surface area contributed by atoms with Crippen LogP contribution in [0.2, 0.25) is 0 Å². The first-order chi connectivity index (χ1) is 26.3. The van der Waals surface area contributed by atoms with Gasteiger partial charge >= 0.3 is 0 Å². The molecule has 3 aromatic heterocycles. The van der Waals surface area contributed by atoms with E-state index in [0.29, 0.717) is 0 Å². The molecule has 0 N–H and O–H groups in total. The molecule has 0 amide bonds. The largest absolute Gasteiger partial charge is 0.309 e. The van der Waals surface area contributed by atoms with Crippen LogP contribution in [0.5, 0.6) is 0 Å². The molecule has 5 nitrogen and oxygen atoms in total. The third-order valence-corrected chi connectivity index (χ3v) is 10.5. The predicted molar refractivity (Wildman–Crippen MR) is 218 cm³/mol. The van der Waals surface area contributed by atoms with E-state index in [1.165, 1.54) is 54.4 Å². The number of fused-ring (bicyclic) bond motifs is 7. The lowest BCUT2D eigenvalue weighted by Gasteiger charge is -2.13. The van der Waals surface area contributed by atoms with Gasteiger partial charge in [0.25, 0.3) is 0 Å². The van der Waals surface area contributed by atoms with Gasteiger partial charge in [-0.05, 0) is 83.6 Å². The molecule has 0 unspecified atom stereocenters. The summed E-state index contributed by atoms with van der Waals surface area (Å²) in [6, 6.07) is 66.9. The van der Waals surface area contributed by atoms with Gasteiger partial charge in [0.1, 0.15) is 0 Å². The van der Waals surface area contributed by atoms with Crippen LogP contribution in [0.25, 0.3) is 94.2 Å². The first kappa shape index (κ1) is 29.5. The Morgan fingerprint density at radius 2 is 0.660 bits per heavy atom. The summed E-state index contributed by atoms with van der Waals surface area (Å²) in [5.74, 6) is 1.61. The minimum atomic E-state index is 0.805. The fourth-order valence-electron chi connectivity index (χ4n) is 8.14. The molecule has 248 valence electrons. The number of aromatic nitrogens is 5. The normalized spacial score (nSPS) is 11.8. The summed E-state index contributed by atoms with van der Waals surface area (Å²) in [7, 11) is 0. The second-order valence-corrected chi connectivity index (χ2v) is 13.6. The van der Waals surface area contributed by atoms with Gasteiger partial charge in [-0.2, -0.15) is 0 Å². The monoisotopic (exact) mass is 677 g/mol. The van der Waals surface area contributed by atoms with E-state index in [-0.39, 0.29) is 0 Å². The van der Waals surface area contributed by atoms with Gasteiger partial charge in [0.15, 0.2) is 11.6 Å². The molecule has 0 fully saturated rings. The minimum absolute atomic E-state index is 0.805. The van der Waals surface area contributed by atoms with Gasteiger partial charge in [-0.3, -0.25) is 4.57 Å². The zero-order valence-electron chi connectivity index (χ0n) is 28.6. The van der Waals surface area contributed by atoms with Crippen LogP contribution in [0.3, 0.4) is 0 Å². The van der Waals surface area contributed by atoms with Crippen molar-refractivity contribution in [2.45, 2.75) is 0 Å². The standard InChI is InChI=1S/C48H31N5/c1-4-14-32(15-5-1)47-49-50-48(33-16-6-2-7-17-33)53(47)38-26-24-37(25-27-38)52-44-23-13-11-21-40(44)42-29-34-28-41-39-20-10-12-22-43(39)51(36-18-8-3-9-19-36)45(41)30-35(34)31-46(42)52/h1-31H. The van der Waals surface area contributed by atoms with Gasteiger partial charge in [0, 0.05) is 49.7 Å². The second-order valence-electron chi connectivity index (χ2n) is 13.6. The fraction of sp³-hybridized carbons (Fsp3) is 0. The summed E-state index contributed by atoms with van der Waals surface area (Å²) >= 11 is 0. The van der Waals surface area contributed by atoms with Crippen LogP contribution in [-0.2, 0) is 0 Å². The lowest BCUT2D eigenvalue weighted by atomic mass is 10.0. The van der Waals surface area contributed by atoms with Crippen LogP contribution in [0, 0.1) is 0 Å². The minimum Gasteiger partial charge on any atom is -0.309 e. The molecular weight excluding hydrogens is 647 g/mol. The van der Waals surface area contributed by atoms with Gasteiger partial charge in [0.2, 0.25) is 0 Å². The highest BCUT2D eigenvalue weighted by molar-refractivity contribution is 6.18. The fourth-order valence-corrected chi connectivity index (χ4v) is 8.14. The summed E-state index contributed by atoms with van der Waals surface area (Å²) in [5.41, 5.74) is 10.0. The van der Waals surface area contributed by atoms with Crippen LogP contribution < -0.4 is 0 Å². The summed E-state index contributed by atoms with van der Waals surface area (Å²) in [4.78, 5) is 0. The van der Waals surface area contributed by atoms with E-state index in [1.807, 2.05) is 36.4 Å². The number of para-hydroxylation sites is 3. The van der Waals surface area contributed by atoms with Crippen molar-refractivity contribution in [3.05, 3.63) is 188 Å². The molecule has 0 bridgehead atoms. The molecule has 11 rings (SSSR count). The lowest BCUT2D eigenvalue weighted by molar-refractivity contribution is 1.07. The van der Waals surface area contributed by atoms with Crippen molar-refractivity contribution < 1.29 is 0 Å². The average Bonchev–Trinajstić information content (AvgIpc) is 3.91. The van der Waals surface area contributed by atoms with Crippen LogP contribution in [0.15, 0.2) is 188 Å². The van der Waals surface area contributed by atoms with Crippen LogP contribution in [0.4, 0.5) is 0 Å². The maximum Gasteiger partial charge on any atom is 0.168 e. The van der Waals surface area contributed by atoms with Crippen molar-refractivity contribution in [2.75, 3.05) is 0 Å². The molecule has 8 aromatic carbocycles. The summed E-state index contributed by atoms with van der Waals surface area (Å²) in [6.45, 7) is 0. The molecule has 0 saturated heterocycles. The van der Waals surface area contributed by atoms with E-state index in [4.69, 9.17) is 0 Å². The van der Waals surface area contributed by atoms with Gasteiger partial charge < -0.3 is 9.13 Å². The van der Waals surface area contributed by atoms with Crippen LogP contribution in [0.1, 0.15) is 0 Å². The smallest absolute Gasteiger partial charge is 0.168 e. The third-order valence-electron chi connectivity index (χ3n) is 10.5. The Hall–Kier alpha value is -7.24. The summed E-state index contributed by atoms with van der Waals surface area (Å²) in [6.07, 6.45) is 0. The highest BCUT2D eigenvalue weighted by Crippen LogP contribution is 2.39. The Morgan fingerprint density at radius 3 is 1.15 bits per heavy atom. The Bertz CT molecular complexity index is 3080. The molecular formula is C48H31N5. The van der Waals surface area contributed by atoms with E-state index >= 15 is 0 Å². The molecule has 11 aromatic rings. The van der Waals surface area contributed by atoms with E-state index in [1.54, 1.807) is 0 Å². The number of hydrogen-bond acceptors (Lipinski definition) is 2. The van der Waals surface area contributed by atoms with Crippen LogP contribution >= 0.6 is 0 Å². The lowest BCUT2D eigenvalue weighted by Crippen LogP contribution is -2.01. The quantitative estimate of drug-likeness (QED) is 0.182. The van der Waals surface area contributed by atoms with Crippen molar-refractivity contribution in [1.29, 1.82) is 0 Å². The van der Waals surface area contributed by atoms with Gasteiger partial charge in [0.05, 0.1) is 22.1 Å². The van der Waals surface area contributed by atoms with E-state index in [9.17, 15) is 0 Å². The summed E-state index contributed by atoms with van der Waals surface area (Å²) in [5, 5.41) is 16.8. The molecule has 3 heterocycles. The van der Waals surface area contributed by atoms with E-state index < -0.39 is 0 Å². The van der Waals surface area contributed by atoms with Crippen molar-refractivity contribution in [3.8, 4) is 39.8 Å². The molecule has 0 aliphatic carbocycles. The number of rotatable bonds is 5. The molecule has 0 radical (unpaired) electrons. The first-order valence-electron chi connectivity index (χ1n) is 17.9. The number of nitrogens with zero attached hydrogens (tertiary/aromatic N) is 5. The maximum absolute atomic E-state index is 4.69. The Morgan fingerprint density at radius 1 is 0.283 bits per heavy atom. The van der Waals surface area contributed by atoms with Crippen molar-refractivity contribution in [1.82, 2.24) is 23.9 Å². The third kappa shape index (κ3) is 4.57. The Kier molecular flexibility index (Phi) is 6.48. The van der Waals surface area contributed by atoms with E-state index in [0.717, 1.165) is 39.8 Å². The Labute approximate surface area is 305 Å². The second kappa shape index (κ2) is 11.7. The van der Waals surface area contributed by atoms with Crippen molar-refractivity contribution >= 4 is 54.4 Å². The van der Waals surface area contributed by atoms with E-state index in [2.05, 4.69) is 176 Å². The molecule has 0 saturated carbocycles. The highest BCUT2D eigenvalue weighted by atomic mass is 15.3. The molecule has 0 aliphatic rings. The predicted octanol–water partition coefficient (Wildman–Crippen LogP) is 11.9. The van der Waals surface area contributed by atoms with Gasteiger partial charge in [-0.25, -0.2) is 0 Å². The summed E-state index contributed by atoms with van der Waals surface area (Å²) < 4.78 is 6.94.